The normalized spacial score (nSPS) is 11.1. The molecule has 0 unspecified atom stereocenters. The number of para-hydroxylation sites is 1. The second-order valence-electron chi connectivity index (χ2n) is 4.80. The number of carbonyl (C=O) groups is 1. The van der Waals surface area contributed by atoms with Crippen LogP contribution in [0.2, 0.25) is 0 Å². The van der Waals surface area contributed by atoms with Crippen LogP contribution in [0.4, 0.5) is 13.9 Å². The van der Waals surface area contributed by atoms with E-state index in [-0.39, 0.29) is 23.7 Å². The van der Waals surface area contributed by atoms with Crippen LogP contribution in [0.3, 0.4) is 0 Å². The highest BCUT2D eigenvalue weighted by Crippen LogP contribution is 2.25. The van der Waals surface area contributed by atoms with Crippen molar-refractivity contribution in [3.63, 3.8) is 0 Å². The highest BCUT2D eigenvalue weighted by molar-refractivity contribution is 7.15. The van der Waals surface area contributed by atoms with Gasteiger partial charge in [-0.25, -0.2) is 13.8 Å². The van der Waals surface area contributed by atoms with Gasteiger partial charge in [0, 0.05) is 13.0 Å². The molecule has 0 fully saturated rings. The third-order valence-electron chi connectivity index (χ3n) is 3.18. The number of halogens is 2. The molecule has 0 saturated carbocycles. The van der Waals surface area contributed by atoms with Gasteiger partial charge in [-0.2, -0.15) is 0 Å². The maximum atomic E-state index is 12.4. The van der Waals surface area contributed by atoms with Gasteiger partial charge in [0.05, 0.1) is 17.2 Å². The van der Waals surface area contributed by atoms with E-state index in [1.54, 1.807) is 24.3 Å². The van der Waals surface area contributed by atoms with Gasteiger partial charge in [-0.05, 0) is 12.1 Å². The standard InChI is InChI=1S/C14H11F2N5O2S/c15-11(16)12-19-20-14(24-12)18-10(22)5-6-21-7-17-9-4-2-1-3-8(9)13(21)23/h1-4,7,11H,5-6H2,(H,18,20,22). The number of aromatic nitrogens is 4. The lowest BCUT2D eigenvalue weighted by Gasteiger charge is -2.06. The number of aryl methyl sites for hydroxylation is 1. The van der Waals surface area contributed by atoms with E-state index in [0.717, 1.165) is 0 Å². The van der Waals surface area contributed by atoms with E-state index in [2.05, 4.69) is 20.5 Å². The monoisotopic (exact) mass is 351 g/mol. The van der Waals surface area contributed by atoms with Gasteiger partial charge in [-0.3, -0.25) is 14.2 Å². The predicted molar refractivity (Wildman–Crippen MR) is 84.1 cm³/mol. The fourth-order valence-corrected chi connectivity index (χ4v) is 2.66. The van der Waals surface area contributed by atoms with Crippen molar-refractivity contribution < 1.29 is 13.6 Å². The molecule has 0 saturated heterocycles. The molecule has 3 rings (SSSR count). The van der Waals surface area contributed by atoms with Crippen LogP contribution < -0.4 is 10.9 Å². The van der Waals surface area contributed by atoms with Crippen LogP contribution in [0.1, 0.15) is 17.9 Å². The van der Waals surface area contributed by atoms with Crippen molar-refractivity contribution in [2.45, 2.75) is 19.4 Å². The van der Waals surface area contributed by atoms with E-state index in [1.165, 1.54) is 10.9 Å². The maximum Gasteiger partial charge on any atom is 0.291 e. The van der Waals surface area contributed by atoms with Gasteiger partial charge in [0.25, 0.3) is 12.0 Å². The number of hydrogen-bond donors (Lipinski definition) is 1. The highest BCUT2D eigenvalue weighted by atomic mass is 32.1. The third kappa shape index (κ3) is 3.43. The molecule has 10 heteroatoms. The zero-order chi connectivity index (χ0) is 17.1. The number of nitrogens with zero attached hydrogens (tertiary/aromatic N) is 4. The topological polar surface area (TPSA) is 89.8 Å². The van der Waals surface area contributed by atoms with E-state index in [4.69, 9.17) is 0 Å². The van der Waals surface area contributed by atoms with E-state index < -0.39 is 17.3 Å². The number of hydrogen-bond acceptors (Lipinski definition) is 6. The Morgan fingerprint density at radius 2 is 2.08 bits per heavy atom. The summed E-state index contributed by atoms with van der Waals surface area (Å²) in [4.78, 5) is 28.3. The van der Waals surface area contributed by atoms with Crippen LogP contribution in [-0.4, -0.2) is 25.7 Å². The predicted octanol–water partition coefficient (Wildman–Crippen LogP) is 2.21. The number of amides is 1. The first-order chi connectivity index (χ1) is 11.5. The lowest BCUT2D eigenvalue weighted by atomic mass is 10.2. The van der Waals surface area contributed by atoms with Crippen LogP contribution in [0.5, 0.6) is 0 Å². The first-order valence-corrected chi connectivity index (χ1v) is 7.72. The van der Waals surface area contributed by atoms with Crippen molar-refractivity contribution in [1.82, 2.24) is 19.7 Å². The van der Waals surface area contributed by atoms with Crippen LogP contribution in [0.15, 0.2) is 35.4 Å². The summed E-state index contributed by atoms with van der Waals surface area (Å²) in [5.74, 6) is -0.452. The van der Waals surface area contributed by atoms with Crippen LogP contribution >= 0.6 is 11.3 Å². The highest BCUT2D eigenvalue weighted by Gasteiger charge is 2.15. The van der Waals surface area contributed by atoms with Gasteiger partial charge >= 0.3 is 0 Å². The first-order valence-electron chi connectivity index (χ1n) is 6.90. The van der Waals surface area contributed by atoms with Crippen molar-refractivity contribution in [2.75, 3.05) is 5.32 Å². The van der Waals surface area contributed by atoms with Crippen LogP contribution in [0.25, 0.3) is 10.9 Å². The Hall–Kier alpha value is -2.75. The van der Waals surface area contributed by atoms with Crippen molar-refractivity contribution in [3.8, 4) is 0 Å². The molecule has 2 aromatic heterocycles. The molecular formula is C14H11F2N5O2S. The van der Waals surface area contributed by atoms with Crippen LogP contribution in [0, 0.1) is 0 Å². The van der Waals surface area contributed by atoms with Crippen molar-refractivity contribution in [3.05, 3.63) is 46.0 Å². The maximum absolute atomic E-state index is 12.4. The van der Waals surface area contributed by atoms with Gasteiger partial charge in [-0.15, -0.1) is 10.2 Å². The molecule has 0 aliphatic carbocycles. The molecule has 1 amide bonds. The molecule has 0 atom stereocenters. The molecule has 7 nitrogen and oxygen atoms in total. The first kappa shape index (κ1) is 16.1. The van der Waals surface area contributed by atoms with Crippen molar-refractivity contribution in [1.29, 1.82) is 0 Å². The zero-order valence-corrected chi connectivity index (χ0v) is 13.0. The molecule has 0 spiro atoms. The van der Waals surface area contributed by atoms with E-state index in [0.29, 0.717) is 22.2 Å². The average molecular weight is 351 g/mol. The number of fused-ring (bicyclic) bond motifs is 1. The minimum atomic E-state index is -2.73. The van der Waals surface area contributed by atoms with Gasteiger partial charge in [0.15, 0.2) is 5.01 Å². The Morgan fingerprint density at radius 1 is 1.29 bits per heavy atom. The minimum Gasteiger partial charge on any atom is -0.300 e. The number of alkyl halides is 2. The fourth-order valence-electron chi connectivity index (χ4n) is 2.04. The van der Waals surface area contributed by atoms with Gasteiger partial charge in [0.1, 0.15) is 0 Å². The fraction of sp³-hybridized carbons (Fsp3) is 0.214. The Labute approximate surface area is 138 Å². The Bertz CT molecular complexity index is 940. The summed E-state index contributed by atoms with van der Waals surface area (Å²) in [7, 11) is 0. The number of anilines is 1. The average Bonchev–Trinajstić information content (AvgIpc) is 3.03. The minimum absolute atomic E-state index is 0.000664. The molecule has 0 aliphatic heterocycles. The van der Waals surface area contributed by atoms with Crippen molar-refractivity contribution in [2.24, 2.45) is 0 Å². The Kier molecular flexibility index (Phi) is 4.56. The Morgan fingerprint density at radius 3 is 2.83 bits per heavy atom. The van der Waals surface area contributed by atoms with E-state index >= 15 is 0 Å². The quantitative estimate of drug-likeness (QED) is 0.761. The summed E-state index contributed by atoms with van der Waals surface area (Å²) in [6, 6.07) is 6.90. The van der Waals surface area contributed by atoms with E-state index in [1.807, 2.05) is 0 Å². The molecule has 0 bridgehead atoms. The van der Waals surface area contributed by atoms with Crippen molar-refractivity contribution >= 4 is 33.3 Å². The van der Waals surface area contributed by atoms with Crippen LogP contribution in [-0.2, 0) is 11.3 Å². The lowest BCUT2D eigenvalue weighted by molar-refractivity contribution is -0.116. The molecule has 3 aromatic rings. The molecule has 0 aliphatic rings. The molecule has 24 heavy (non-hydrogen) atoms. The number of nitrogens with one attached hydrogen (secondary N) is 1. The van der Waals surface area contributed by atoms with Gasteiger partial charge in [-0.1, -0.05) is 23.5 Å². The Balaban J connectivity index is 1.66. The number of carbonyl (C=O) groups excluding carboxylic acids is 1. The molecule has 2 heterocycles. The third-order valence-corrected chi connectivity index (χ3v) is 4.03. The molecule has 1 N–H and O–H groups in total. The molecule has 124 valence electrons. The lowest BCUT2D eigenvalue weighted by Crippen LogP contribution is -2.23. The summed E-state index contributed by atoms with van der Waals surface area (Å²) >= 11 is 0.611. The second kappa shape index (κ2) is 6.79. The number of rotatable bonds is 5. The smallest absolute Gasteiger partial charge is 0.291 e. The largest absolute Gasteiger partial charge is 0.300 e. The molecular weight excluding hydrogens is 340 g/mol. The SMILES string of the molecule is O=C(CCn1cnc2ccccc2c1=O)Nc1nnc(C(F)F)s1. The zero-order valence-electron chi connectivity index (χ0n) is 12.1. The summed E-state index contributed by atoms with van der Waals surface area (Å²) in [5.41, 5.74) is 0.334. The molecule has 0 radical (unpaired) electrons. The molecule has 1 aromatic carbocycles. The second-order valence-corrected chi connectivity index (χ2v) is 5.81. The summed E-state index contributed by atoms with van der Waals surface area (Å²) < 4.78 is 26.1. The van der Waals surface area contributed by atoms with Gasteiger partial charge in [0.2, 0.25) is 11.0 Å². The summed E-state index contributed by atoms with van der Waals surface area (Å²) in [6.45, 7) is 0.114. The summed E-state index contributed by atoms with van der Waals surface area (Å²) in [6.07, 6.45) is -1.38. The number of benzene rings is 1. The van der Waals surface area contributed by atoms with Gasteiger partial charge < -0.3 is 5.32 Å². The van der Waals surface area contributed by atoms with E-state index in [9.17, 15) is 18.4 Å². The summed E-state index contributed by atoms with van der Waals surface area (Å²) in [5, 5.41) is 9.13.